The van der Waals surface area contributed by atoms with Crippen LogP contribution in [0.2, 0.25) is 0 Å². The molecule has 2 aromatic rings. The van der Waals surface area contributed by atoms with Crippen molar-refractivity contribution >= 4 is 11.9 Å². The highest BCUT2D eigenvalue weighted by molar-refractivity contribution is 5.91. The fourth-order valence-corrected chi connectivity index (χ4v) is 3.21. The van der Waals surface area contributed by atoms with Gasteiger partial charge in [0.05, 0.1) is 25.3 Å². The van der Waals surface area contributed by atoms with Crippen LogP contribution in [0.4, 0.5) is 13.6 Å². The molecular formula is C19H24F2N6O2. The first-order chi connectivity index (χ1) is 13.8. The van der Waals surface area contributed by atoms with Crippen molar-refractivity contribution < 1.29 is 18.4 Å². The van der Waals surface area contributed by atoms with E-state index in [0.717, 1.165) is 5.56 Å². The van der Waals surface area contributed by atoms with E-state index in [9.17, 15) is 18.4 Å². The third-order valence-electron chi connectivity index (χ3n) is 4.57. The number of carbonyl (C=O) groups excluding carboxylic acids is 2. The van der Waals surface area contributed by atoms with Crippen LogP contribution in [0, 0.1) is 5.82 Å². The molecule has 1 aromatic heterocycles. The highest BCUT2D eigenvalue weighted by atomic mass is 19.1. The van der Waals surface area contributed by atoms with E-state index in [2.05, 4.69) is 20.9 Å². The van der Waals surface area contributed by atoms with Crippen molar-refractivity contribution in [2.45, 2.75) is 51.6 Å². The molecule has 0 unspecified atom stereocenters. The largest absolute Gasteiger partial charge is 0.348 e. The summed E-state index contributed by atoms with van der Waals surface area (Å²) in [5, 5.41) is 13.2. The van der Waals surface area contributed by atoms with Crippen LogP contribution in [0.1, 0.15) is 36.3 Å². The third-order valence-corrected chi connectivity index (χ3v) is 4.57. The van der Waals surface area contributed by atoms with Gasteiger partial charge in [0.25, 0.3) is 5.91 Å². The molecule has 156 valence electrons. The fraction of sp³-hybridized carbons (Fsp3) is 0.474. The predicted molar refractivity (Wildman–Crippen MR) is 101 cm³/mol. The van der Waals surface area contributed by atoms with Crippen molar-refractivity contribution in [1.29, 1.82) is 0 Å². The Hall–Kier alpha value is -3.04. The van der Waals surface area contributed by atoms with Crippen molar-refractivity contribution in [1.82, 2.24) is 30.5 Å². The number of rotatable bonds is 6. The summed E-state index contributed by atoms with van der Waals surface area (Å²) in [5.41, 5.74) is 0.908. The molecular weight excluding hydrogens is 382 g/mol. The van der Waals surface area contributed by atoms with Crippen molar-refractivity contribution in [3.63, 3.8) is 0 Å². The van der Waals surface area contributed by atoms with Crippen LogP contribution in [0.15, 0.2) is 30.5 Å². The van der Waals surface area contributed by atoms with Crippen LogP contribution < -0.4 is 10.6 Å². The molecule has 3 rings (SSSR count). The number of amides is 3. The van der Waals surface area contributed by atoms with Gasteiger partial charge in [-0.15, -0.1) is 5.10 Å². The van der Waals surface area contributed by atoms with E-state index >= 15 is 0 Å². The molecule has 1 aliphatic heterocycles. The predicted octanol–water partition coefficient (Wildman–Crippen LogP) is 1.88. The van der Waals surface area contributed by atoms with Gasteiger partial charge in [-0.1, -0.05) is 17.3 Å². The lowest BCUT2D eigenvalue weighted by atomic mass is 10.2. The number of halogens is 2. The zero-order valence-electron chi connectivity index (χ0n) is 16.3. The van der Waals surface area contributed by atoms with E-state index in [1.54, 1.807) is 12.1 Å². The molecule has 2 atom stereocenters. The summed E-state index contributed by atoms with van der Waals surface area (Å²) in [6.07, 6.45) is 0.527. The minimum Gasteiger partial charge on any atom is -0.348 e. The van der Waals surface area contributed by atoms with Crippen LogP contribution >= 0.6 is 0 Å². The number of nitrogens with one attached hydrogen (secondary N) is 2. The minimum atomic E-state index is -1.14. The highest BCUT2D eigenvalue weighted by Gasteiger charge is 2.35. The molecule has 29 heavy (non-hydrogen) atoms. The molecule has 0 aliphatic carbocycles. The Morgan fingerprint density at radius 2 is 2.00 bits per heavy atom. The van der Waals surface area contributed by atoms with E-state index in [0.29, 0.717) is 0 Å². The first-order valence-electron chi connectivity index (χ1n) is 9.46. The third kappa shape index (κ3) is 5.49. The summed E-state index contributed by atoms with van der Waals surface area (Å²) in [7, 11) is 0. The molecule has 1 fully saturated rings. The lowest BCUT2D eigenvalue weighted by molar-refractivity contribution is 0.0938. The maximum atomic E-state index is 14.0. The average Bonchev–Trinajstić information content (AvgIpc) is 3.27. The normalized spacial score (nSPS) is 18.9. The number of likely N-dealkylation sites (tertiary alicyclic amines) is 1. The summed E-state index contributed by atoms with van der Waals surface area (Å²) >= 11 is 0. The molecule has 2 N–H and O–H groups in total. The quantitative estimate of drug-likeness (QED) is 0.766. The van der Waals surface area contributed by atoms with Gasteiger partial charge in [0, 0.05) is 19.0 Å². The Bertz CT molecular complexity index is 855. The number of nitrogens with zero attached hydrogens (tertiary/aromatic N) is 4. The van der Waals surface area contributed by atoms with Crippen LogP contribution in [0.5, 0.6) is 0 Å². The number of alkyl halides is 1. The Balaban J connectivity index is 1.59. The molecule has 0 bridgehead atoms. The zero-order chi connectivity index (χ0) is 21.0. The Morgan fingerprint density at radius 1 is 1.28 bits per heavy atom. The number of carbonyl (C=O) groups is 2. The topological polar surface area (TPSA) is 92.2 Å². The van der Waals surface area contributed by atoms with Crippen LogP contribution in [-0.2, 0) is 13.1 Å². The van der Waals surface area contributed by atoms with Crippen LogP contribution in [0.25, 0.3) is 0 Å². The fourth-order valence-electron chi connectivity index (χ4n) is 3.21. The van der Waals surface area contributed by atoms with Gasteiger partial charge in [-0.2, -0.15) is 0 Å². The standard InChI is InChI=1S/C19H24F2N6O2/c1-12(2)23-18(28)17-11-26(25-24-17)10-16-7-15(21)9-27(16)19(29)22-8-13-3-5-14(20)6-4-13/h3-6,11-12,15-16H,7-10H2,1-2H3,(H,22,29)(H,23,28)/t15-,16-/m0/s1. The van der Waals surface area contributed by atoms with Crippen molar-refractivity contribution in [2.24, 2.45) is 0 Å². The molecule has 0 saturated carbocycles. The minimum absolute atomic E-state index is 0.0185. The van der Waals surface area contributed by atoms with Gasteiger partial charge >= 0.3 is 6.03 Å². The van der Waals surface area contributed by atoms with E-state index in [1.807, 2.05) is 13.8 Å². The second kappa shape index (κ2) is 8.97. The molecule has 0 radical (unpaired) electrons. The van der Waals surface area contributed by atoms with E-state index in [-0.39, 0.29) is 49.5 Å². The van der Waals surface area contributed by atoms with Crippen LogP contribution in [-0.4, -0.2) is 56.6 Å². The monoisotopic (exact) mass is 406 g/mol. The molecule has 1 aliphatic rings. The first-order valence-corrected chi connectivity index (χ1v) is 9.46. The van der Waals surface area contributed by atoms with Gasteiger partial charge < -0.3 is 15.5 Å². The average molecular weight is 406 g/mol. The summed E-state index contributed by atoms with van der Waals surface area (Å²) in [6, 6.07) is 4.93. The maximum Gasteiger partial charge on any atom is 0.318 e. The van der Waals surface area contributed by atoms with E-state index in [1.165, 1.54) is 27.9 Å². The Labute approximate surface area is 167 Å². The van der Waals surface area contributed by atoms with Gasteiger partial charge in [0.2, 0.25) is 0 Å². The highest BCUT2D eigenvalue weighted by Crippen LogP contribution is 2.22. The summed E-state index contributed by atoms with van der Waals surface area (Å²) in [4.78, 5) is 25.9. The lowest BCUT2D eigenvalue weighted by Gasteiger charge is -2.24. The van der Waals surface area contributed by atoms with E-state index < -0.39 is 18.2 Å². The number of hydrogen-bond acceptors (Lipinski definition) is 4. The van der Waals surface area contributed by atoms with Crippen molar-refractivity contribution in [3.8, 4) is 0 Å². The Kier molecular flexibility index (Phi) is 6.40. The number of hydrogen-bond donors (Lipinski definition) is 2. The zero-order valence-corrected chi connectivity index (χ0v) is 16.3. The van der Waals surface area contributed by atoms with Gasteiger partial charge in [0.15, 0.2) is 5.69 Å². The summed E-state index contributed by atoms with van der Waals surface area (Å²) in [5.74, 6) is -0.691. The molecule has 1 aromatic carbocycles. The van der Waals surface area contributed by atoms with Gasteiger partial charge in [0.1, 0.15) is 12.0 Å². The second-order valence-corrected chi connectivity index (χ2v) is 7.38. The maximum absolute atomic E-state index is 14.0. The van der Waals surface area contributed by atoms with Crippen LogP contribution in [0.3, 0.4) is 0 Å². The summed E-state index contributed by atoms with van der Waals surface area (Å²) < 4.78 is 28.4. The van der Waals surface area contributed by atoms with Crippen molar-refractivity contribution in [2.75, 3.05) is 6.54 Å². The molecule has 1 saturated heterocycles. The second-order valence-electron chi connectivity index (χ2n) is 7.38. The SMILES string of the molecule is CC(C)NC(=O)c1cn(C[C@@H]2C[C@H](F)CN2C(=O)NCc2ccc(F)cc2)nn1. The molecule has 3 amide bonds. The molecule has 10 heteroatoms. The van der Waals surface area contributed by atoms with E-state index in [4.69, 9.17) is 0 Å². The lowest BCUT2D eigenvalue weighted by Crippen LogP contribution is -2.44. The molecule has 8 nitrogen and oxygen atoms in total. The first kappa shape index (κ1) is 20.7. The van der Waals surface area contributed by atoms with Crippen molar-refractivity contribution in [3.05, 3.63) is 47.5 Å². The molecule has 2 heterocycles. The number of benzene rings is 1. The smallest absolute Gasteiger partial charge is 0.318 e. The van der Waals surface area contributed by atoms with Gasteiger partial charge in [-0.05, 0) is 31.5 Å². The molecule has 0 spiro atoms. The summed E-state index contributed by atoms with van der Waals surface area (Å²) in [6.45, 7) is 4.10. The number of urea groups is 1. The van der Waals surface area contributed by atoms with Gasteiger partial charge in [-0.25, -0.2) is 18.3 Å². The van der Waals surface area contributed by atoms with Gasteiger partial charge in [-0.3, -0.25) is 4.79 Å². The number of aromatic nitrogens is 3. The Morgan fingerprint density at radius 3 is 2.69 bits per heavy atom.